The number of carbonyl (C=O) groups is 1. The van der Waals surface area contributed by atoms with Gasteiger partial charge in [-0.25, -0.2) is 0 Å². The van der Waals surface area contributed by atoms with Crippen molar-refractivity contribution >= 4 is 11.6 Å². The molecule has 0 bridgehead atoms. The van der Waals surface area contributed by atoms with Gasteiger partial charge in [0.1, 0.15) is 6.07 Å². The van der Waals surface area contributed by atoms with Gasteiger partial charge >= 0.3 is 0 Å². The van der Waals surface area contributed by atoms with Crippen molar-refractivity contribution in [3.63, 3.8) is 0 Å². The zero-order valence-electron chi connectivity index (χ0n) is 11.8. The summed E-state index contributed by atoms with van der Waals surface area (Å²) in [5.74, 6) is -0.174. The maximum Gasteiger partial charge on any atom is 0.241 e. The third-order valence-corrected chi connectivity index (χ3v) is 3.15. The minimum Gasteiger partial charge on any atom is -0.324 e. The van der Waals surface area contributed by atoms with Gasteiger partial charge in [-0.15, -0.1) is 0 Å². The summed E-state index contributed by atoms with van der Waals surface area (Å²) in [6.07, 6.45) is 0.389. The van der Waals surface area contributed by atoms with Crippen LogP contribution in [0.5, 0.6) is 0 Å². The minimum absolute atomic E-state index is 0.174. The van der Waals surface area contributed by atoms with E-state index in [-0.39, 0.29) is 11.9 Å². The van der Waals surface area contributed by atoms with E-state index in [1.54, 1.807) is 31.2 Å². The van der Waals surface area contributed by atoms with Crippen LogP contribution in [0.25, 0.3) is 0 Å². The number of nitrogens with one attached hydrogen (secondary N) is 1. The monoisotopic (exact) mass is 270 g/mol. The number of rotatable bonds is 6. The quantitative estimate of drug-likeness (QED) is 0.858. The Hall–Kier alpha value is -2.37. The predicted octanol–water partition coefficient (Wildman–Crippen LogP) is 2.12. The highest BCUT2D eigenvalue weighted by Crippen LogP contribution is 2.14. The molecule has 0 spiro atoms. The minimum atomic E-state index is -0.347. The Bertz CT molecular complexity index is 542. The predicted molar refractivity (Wildman–Crippen MR) is 76.7 cm³/mol. The molecule has 1 amide bonds. The van der Waals surface area contributed by atoms with Crippen molar-refractivity contribution in [2.24, 2.45) is 0 Å². The summed E-state index contributed by atoms with van der Waals surface area (Å²) >= 11 is 0. The van der Waals surface area contributed by atoms with Gasteiger partial charge in [-0.2, -0.15) is 10.5 Å². The summed E-state index contributed by atoms with van der Waals surface area (Å²) in [5.41, 5.74) is 0.955. The number of nitrogens with zero attached hydrogens (tertiary/aromatic N) is 3. The molecule has 1 atom stereocenters. The van der Waals surface area contributed by atoms with Gasteiger partial charge in [0.15, 0.2) is 0 Å². The number of amides is 1. The van der Waals surface area contributed by atoms with Gasteiger partial charge in [0.2, 0.25) is 5.91 Å². The van der Waals surface area contributed by atoms with Crippen molar-refractivity contribution in [1.82, 2.24) is 4.90 Å². The fraction of sp³-hybridized carbons (Fsp3) is 0.400. The lowest BCUT2D eigenvalue weighted by Crippen LogP contribution is -2.42. The molecule has 1 N–H and O–H groups in total. The molecule has 0 heterocycles. The average molecular weight is 270 g/mol. The van der Waals surface area contributed by atoms with E-state index in [9.17, 15) is 4.79 Å². The van der Waals surface area contributed by atoms with Gasteiger partial charge in [0.05, 0.1) is 23.4 Å². The van der Waals surface area contributed by atoms with Crippen LogP contribution in [0.4, 0.5) is 5.69 Å². The summed E-state index contributed by atoms with van der Waals surface area (Å²) in [6, 6.07) is 10.7. The molecule has 5 nitrogen and oxygen atoms in total. The number of carbonyl (C=O) groups excluding carboxylic acids is 1. The van der Waals surface area contributed by atoms with E-state index in [0.29, 0.717) is 30.8 Å². The van der Waals surface area contributed by atoms with Crippen LogP contribution in [-0.2, 0) is 4.79 Å². The molecule has 0 saturated carbocycles. The number of hydrogen-bond donors (Lipinski definition) is 1. The zero-order chi connectivity index (χ0) is 15.0. The normalized spacial score (nSPS) is 11.4. The van der Waals surface area contributed by atoms with Gasteiger partial charge in [-0.3, -0.25) is 9.69 Å². The molecule has 1 aromatic carbocycles. The number of benzene rings is 1. The molecule has 1 rings (SSSR count). The largest absolute Gasteiger partial charge is 0.324 e. The molecule has 5 heteroatoms. The van der Waals surface area contributed by atoms with Crippen molar-refractivity contribution in [1.29, 1.82) is 10.5 Å². The Balaban J connectivity index is 2.75. The summed E-state index contributed by atoms with van der Waals surface area (Å²) in [4.78, 5) is 14.1. The van der Waals surface area contributed by atoms with E-state index in [1.165, 1.54) is 0 Å². The fourth-order valence-corrected chi connectivity index (χ4v) is 1.91. The summed E-state index contributed by atoms with van der Waals surface area (Å²) in [7, 11) is 0. The summed E-state index contributed by atoms with van der Waals surface area (Å²) in [6.45, 7) is 4.99. The molecule has 0 saturated heterocycles. The first kappa shape index (κ1) is 15.7. The molecule has 0 radical (unpaired) electrons. The van der Waals surface area contributed by atoms with Crippen LogP contribution in [0.3, 0.4) is 0 Å². The van der Waals surface area contributed by atoms with E-state index in [4.69, 9.17) is 10.5 Å². The SMILES string of the molecule is CCN(CCC#N)C(C)C(=O)Nc1ccccc1C#N. The van der Waals surface area contributed by atoms with Crippen LogP contribution in [0.1, 0.15) is 25.8 Å². The van der Waals surface area contributed by atoms with Gasteiger partial charge in [0.25, 0.3) is 0 Å². The van der Waals surface area contributed by atoms with Crippen LogP contribution in [-0.4, -0.2) is 29.9 Å². The van der Waals surface area contributed by atoms with Gasteiger partial charge in [-0.1, -0.05) is 19.1 Å². The van der Waals surface area contributed by atoms with E-state index in [1.807, 2.05) is 17.9 Å². The number of nitriles is 2. The van der Waals surface area contributed by atoms with Crippen LogP contribution < -0.4 is 5.32 Å². The van der Waals surface area contributed by atoms with Crippen molar-refractivity contribution in [3.8, 4) is 12.1 Å². The molecule has 0 aliphatic heterocycles. The Kier molecular flexibility index (Phi) is 6.22. The van der Waals surface area contributed by atoms with E-state index in [2.05, 4.69) is 11.4 Å². The summed E-state index contributed by atoms with van der Waals surface area (Å²) in [5, 5.41) is 20.4. The van der Waals surface area contributed by atoms with Crippen LogP contribution in [0, 0.1) is 22.7 Å². The number of para-hydroxylation sites is 1. The molecular weight excluding hydrogens is 252 g/mol. The Morgan fingerprint density at radius 2 is 2.10 bits per heavy atom. The average Bonchev–Trinajstić information content (AvgIpc) is 2.48. The van der Waals surface area contributed by atoms with Crippen LogP contribution >= 0.6 is 0 Å². The maximum absolute atomic E-state index is 12.2. The highest BCUT2D eigenvalue weighted by molar-refractivity contribution is 5.95. The second-order valence-electron chi connectivity index (χ2n) is 4.36. The van der Waals surface area contributed by atoms with Crippen molar-refractivity contribution in [3.05, 3.63) is 29.8 Å². The standard InChI is InChI=1S/C15H18N4O/c1-3-19(10-6-9-16)12(2)15(20)18-14-8-5-4-7-13(14)11-17/h4-5,7-8,12H,3,6,10H2,1-2H3,(H,18,20). The third kappa shape index (κ3) is 4.08. The van der Waals surface area contributed by atoms with Crippen molar-refractivity contribution in [2.75, 3.05) is 18.4 Å². The first-order valence-electron chi connectivity index (χ1n) is 6.55. The molecule has 20 heavy (non-hydrogen) atoms. The Labute approximate surface area is 119 Å². The number of hydrogen-bond acceptors (Lipinski definition) is 4. The van der Waals surface area contributed by atoms with Gasteiger partial charge < -0.3 is 5.32 Å². The lowest BCUT2D eigenvalue weighted by Gasteiger charge is -2.26. The van der Waals surface area contributed by atoms with Crippen molar-refractivity contribution in [2.45, 2.75) is 26.3 Å². The molecule has 0 aliphatic rings. The maximum atomic E-state index is 12.2. The van der Waals surface area contributed by atoms with Gasteiger partial charge in [0, 0.05) is 13.0 Å². The summed E-state index contributed by atoms with van der Waals surface area (Å²) < 4.78 is 0. The van der Waals surface area contributed by atoms with Crippen molar-refractivity contribution < 1.29 is 4.79 Å². The molecule has 1 aromatic rings. The lowest BCUT2D eigenvalue weighted by atomic mass is 10.1. The highest BCUT2D eigenvalue weighted by Gasteiger charge is 2.20. The smallest absolute Gasteiger partial charge is 0.241 e. The molecule has 104 valence electrons. The fourth-order valence-electron chi connectivity index (χ4n) is 1.91. The lowest BCUT2D eigenvalue weighted by molar-refractivity contribution is -0.120. The molecule has 1 unspecified atom stereocenters. The molecular formula is C15H18N4O. The molecule has 0 aliphatic carbocycles. The Morgan fingerprint density at radius 3 is 2.70 bits per heavy atom. The second kappa shape index (κ2) is 7.93. The van der Waals surface area contributed by atoms with E-state index in [0.717, 1.165) is 0 Å². The number of likely N-dealkylation sites (N-methyl/N-ethyl adjacent to an activating group) is 1. The topological polar surface area (TPSA) is 79.9 Å². The number of anilines is 1. The molecule has 0 fully saturated rings. The van der Waals surface area contributed by atoms with E-state index < -0.39 is 0 Å². The van der Waals surface area contributed by atoms with Crippen LogP contribution in [0.15, 0.2) is 24.3 Å². The van der Waals surface area contributed by atoms with E-state index >= 15 is 0 Å². The van der Waals surface area contributed by atoms with Gasteiger partial charge in [-0.05, 0) is 25.6 Å². The zero-order valence-corrected chi connectivity index (χ0v) is 11.8. The molecule has 0 aromatic heterocycles. The third-order valence-electron chi connectivity index (χ3n) is 3.15. The first-order valence-corrected chi connectivity index (χ1v) is 6.55. The highest BCUT2D eigenvalue weighted by atomic mass is 16.2. The second-order valence-corrected chi connectivity index (χ2v) is 4.36. The first-order chi connectivity index (χ1) is 9.63. The van der Waals surface area contributed by atoms with Crippen LogP contribution in [0.2, 0.25) is 0 Å². The Morgan fingerprint density at radius 1 is 1.40 bits per heavy atom.